The molecule has 0 aromatic heterocycles. The van der Waals surface area contributed by atoms with Gasteiger partial charge in [-0.05, 0) is 61.6 Å². The SMILES string of the molecule is NC(=O)c1ccccc1NC(=O)/C=C/c1cccc(OC2CCCC2)c1. The Morgan fingerprint density at radius 3 is 2.62 bits per heavy atom. The number of nitrogens with one attached hydrogen (secondary N) is 1. The van der Waals surface area contributed by atoms with E-state index in [1.54, 1.807) is 30.3 Å². The van der Waals surface area contributed by atoms with Gasteiger partial charge in [-0.2, -0.15) is 0 Å². The van der Waals surface area contributed by atoms with Crippen LogP contribution in [0.2, 0.25) is 0 Å². The van der Waals surface area contributed by atoms with E-state index in [1.807, 2.05) is 24.3 Å². The van der Waals surface area contributed by atoms with Crippen molar-refractivity contribution < 1.29 is 14.3 Å². The Balaban J connectivity index is 1.64. The van der Waals surface area contributed by atoms with Crippen LogP contribution in [0.1, 0.15) is 41.6 Å². The van der Waals surface area contributed by atoms with Gasteiger partial charge in [-0.25, -0.2) is 0 Å². The number of ether oxygens (including phenoxy) is 1. The van der Waals surface area contributed by atoms with E-state index in [2.05, 4.69) is 5.32 Å². The van der Waals surface area contributed by atoms with Crippen LogP contribution in [0.3, 0.4) is 0 Å². The van der Waals surface area contributed by atoms with Crippen LogP contribution in [0, 0.1) is 0 Å². The van der Waals surface area contributed by atoms with Gasteiger partial charge in [0.1, 0.15) is 5.75 Å². The van der Waals surface area contributed by atoms with Gasteiger partial charge in [-0.15, -0.1) is 0 Å². The maximum absolute atomic E-state index is 12.1. The van der Waals surface area contributed by atoms with Crippen molar-refractivity contribution in [1.29, 1.82) is 0 Å². The minimum absolute atomic E-state index is 0.279. The normalized spacial score (nSPS) is 14.5. The second-order valence-corrected chi connectivity index (χ2v) is 6.33. The van der Waals surface area contributed by atoms with E-state index in [4.69, 9.17) is 10.5 Å². The molecule has 0 bridgehead atoms. The van der Waals surface area contributed by atoms with Crippen LogP contribution in [0.5, 0.6) is 5.75 Å². The fraction of sp³-hybridized carbons (Fsp3) is 0.238. The number of benzene rings is 2. The Bertz CT molecular complexity index is 824. The minimum atomic E-state index is -0.582. The molecule has 1 aliphatic carbocycles. The first-order valence-corrected chi connectivity index (χ1v) is 8.76. The number of para-hydroxylation sites is 1. The van der Waals surface area contributed by atoms with Crippen molar-refractivity contribution in [3.63, 3.8) is 0 Å². The Kier molecular flexibility index (Phi) is 5.69. The highest BCUT2D eigenvalue weighted by atomic mass is 16.5. The van der Waals surface area contributed by atoms with Crippen molar-refractivity contribution in [2.45, 2.75) is 31.8 Å². The number of carbonyl (C=O) groups excluding carboxylic acids is 2. The second-order valence-electron chi connectivity index (χ2n) is 6.33. The molecule has 0 aliphatic heterocycles. The molecule has 1 fully saturated rings. The molecule has 0 radical (unpaired) electrons. The van der Waals surface area contributed by atoms with Crippen LogP contribution < -0.4 is 15.8 Å². The Labute approximate surface area is 152 Å². The number of primary amides is 1. The first kappa shape index (κ1) is 17.7. The van der Waals surface area contributed by atoms with Crippen molar-refractivity contribution in [3.05, 3.63) is 65.7 Å². The molecule has 2 aromatic rings. The Hall–Kier alpha value is -3.08. The number of hydrogen-bond acceptors (Lipinski definition) is 3. The zero-order valence-corrected chi connectivity index (χ0v) is 14.5. The molecule has 5 heteroatoms. The highest BCUT2D eigenvalue weighted by Gasteiger charge is 2.16. The molecule has 3 N–H and O–H groups in total. The van der Waals surface area contributed by atoms with Gasteiger partial charge in [0.15, 0.2) is 0 Å². The minimum Gasteiger partial charge on any atom is -0.490 e. The zero-order chi connectivity index (χ0) is 18.4. The van der Waals surface area contributed by atoms with Gasteiger partial charge in [0, 0.05) is 6.08 Å². The first-order chi connectivity index (χ1) is 12.6. The molecule has 26 heavy (non-hydrogen) atoms. The topological polar surface area (TPSA) is 81.4 Å². The number of amides is 2. The third kappa shape index (κ3) is 4.72. The lowest BCUT2D eigenvalue weighted by molar-refractivity contribution is -0.111. The molecule has 1 aliphatic rings. The Morgan fingerprint density at radius 1 is 1.08 bits per heavy atom. The zero-order valence-electron chi connectivity index (χ0n) is 14.5. The summed E-state index contributed by atoms with van der Waals surface area (Å²) in [7, 11) is 0. The number of anilines is 1. The summed E-state index contributed by atoms with van der Waals surface area (Å²) in [6, 6.07) is 14.3. The highest BCUT2D eigenvalue weighted by Crippen LogP contribution is 2.25. The molecule has 0 heterocycles. The highest BCUT2D eigenvalue weighted by molar-refractivity contribution is 6.07. The van der Waals surface area contributed by atoms with E-state index >= 15 is 0 Å². The molecule has 0 atom stereocenters. The molecule has 2 aromatic carbocycles. The second kappa shape index (κ2) is 8.34. The van der Waals surface area contributed by atoms with E-state index in [-0.39, 0.29) is 11.5 Å². The van der Waals surface area contributed by atoms with Gasteiger partial charge >= 0.3 is 0 Å². The van der Waals surface area contributed by atoms with Gasteiger partial charge < -0.3 is 15.8 Å². The molecule has 0 unspecified atom stereocenters. The van der Waals surface area contributed by atoms with Crippen LogP contribution >= 0.6 is 0 Å². The summed E-state index contributed by atoms with van der Waals surface area (Å²) in [4.78, 5) is 23.5. The fourth-order valence-electron chi connectivity index (χ4n) is 3.04. The lowest BCUT2D eigenvalue weighted by Crippen LogP contribution is -2.16. The van der Waals surface area contributed by atoms with Crippen molar-refractivity contribution in [2.24, 2.45) is 5.73 Å². The van der Waals surface area contributed by atoms with E-state index in [0.29, 0.717) is 11.8 Å². The van der Waals surface area contributed by atoms with E-state index in [1.165, 1.54) is 18.9 Å². The summed E-state index contributed by atoms with van der Waals surface area (Å²) in [5, 5.41) is 2.68. The molecule has 134 valence electrons. The maximum Gasteiger partial charge on any atom is 0.250 e. The lowest BCUT2D eigenvalue weighted by Gasteiger charge is -2.13. The third-order valence-corrected chi connectivity index (χ3v) is 4.34. The van der Waals surface area contributed by atoms with Crippen LogP contribution in [0.25, 0.3) is 6.08 Å². The van der Waals surface area contributed by atoms with E-state index in [9.17, 15) is 9.59 Å². The lowest BCUT2D eigenvalue weighted by atomic mass is 10.1. The average Bonchev–Trinajstić information content (AvgIpc) is 3.13. The molecular formula is C21H22N2O3. The maximum atomic E-state index is 12.1. The summed E-state index contributed by atoms with van der Waals surface area (Å²) in [6.07, 6.45) is 8.07. The molecule has 0 saturated heterocycles. The number of hydrogen-bond donors (Lipinski definition) is 2. The summed E-state index contributed by atoms with van der Waals surface area (Å²) >= 11 is 0. The van der Waals surface area contributed by atoms with Crippen molar-refractivity contribution in [2.75, 3.05) is 5.32 Å². The molecule has 3 rings (SSSR count). The van der Waals surface area contributed by atoms with Gasteiger partial charge in [0.2, 0.25) is 5.91 Å². The van der Waals surface area contributed by atoms with E-state index in [0.717, 1.165) is 24.2 Å². The molecular weight excluding hydrogens is 328 g/mol. The largest absolute Gasteiger partial charge is 0.490 e. The Morgan fingerprint density at radius 2 is 1.85 bits per heavy atom. The summed E-state index contributed by atoms with van der Waals surface area (Å²) < 4.78 is 5.97. The van der Waals surface area contributed by atoms with Crippen molar-refractivity contribution >= 4 is 23.6 Å². The molecule has 2 amide bonds. The van der Waals surface area contributed by atoms with Crippen LogP contribution in [-0.4, -0.2) is 17.9 Å². The van der Waals surface area contributed by atoms with Gasteiger partial charge in [-0.3, -0.25) is 9.59 Å². The summed E-state index contributed by atoms with van der Waals surface area (Å²) in [5.74, 6) is -0.0963. The summed E-state index contributed by atoms with van der Waals surface area (Å²) in [5.41, 5.74) is 6.87. The summed E-state index contributed by atoms with van der Waals surface area (Å²) in [6.45, 7) is 0. The van der Waals surface area contributed by atoms with Crippen LogP contribution in [0.15, 0.2) is 54.6 Å². The van der Waals surface area contributed by atoms with Crippen LogP contribution in [0.4, 0.5) is 5.69 Å². The van der Waals surface area contributed by atoms with Crippen LogP contribution in [-0.2, 0) is 4.79 Å². The fourth-order valence-corrected chi connectivity index (χ4v) is 3.04. The smallest absolute Gasteiger partial charge is 0.250 e. The average molecular weight is 350 g/mol. The first-order valence-electron chi connectivity index (χ1n) is 8.76. The molecule has 1 saturated carbocycles. The predicted molar refractivity (Wildman–Crippen MR) is 102 cm³/mol. The van der Waals surface area contributed by atoms with Crippen molar-refractivity contribution in [3.8, 4) is 5.75 Å². The van der Waals surface area contributed by atoms with Gasteiger partial charge in [-0.1, -0.05) is 24.3 Å². The standard InChI is InChI=1S/C21H22N2O3/c22-21(25)18-10-3-4-11-19(18)23-20(24)13-12-15-6-5-9-17(14-15)26-16-7-1-2-8-16/h3-6,9-14,16H,1-2,7-8H2,(H2,22,25)(H,23,24)/b13-12+. The predicted octanol–water partition coefficient (Wildman–Crippen LogP) is 3.76. The number of rotatable bonds is 6. The monoisotopic (exact) mass is 350 g/mol. The number of nitrogens with two attached hydrogens (primary N) is 1. The van der Waals surface area contributed by atoms with Gasteiger partial charge in [0.05, 0.1) is 17.4 Å². The third-order valence-electron chi connectivity index (χ3n) is 4.34. The number of carbonyl (C=O) groups is 2. The quantitative estimate of drug-likeness (QED) is 0.778. The van der Waals surface area contributed by atoms with Crippen molar-refractivity contribution in [1.82, 2.24) is 0 Å². The molecule has 5 nitrogen and oxygen atoms in total. The van der Waals surface area contributed by atoms with Gasteiger partial charge in [0.25, 0.3) is 5.91 Å². The van der Waals surface area contributed by atoms with E-state index < -0.39 is 5.91 Å². The molecule has 0 spiro atoms.